The number of rotatable bonds is 5. The first-order chi connectivity index (χ1) is 9.15. The Hall–Kier alpha value is -0.0900. The molecule has 0 spiro atoms. The highest BCUT2D eigenvalue weighted by atomic mass is 79.9. The van der Waals surface area contributed by atoms with Crippen molar-refractivity contribution in [3.05, 3.63) is 33.3 Å². The summed E-state index contributed by atoms with van der Waals surface area (Å²) in [5.41, 5.74) is 7.18. The first kappa shape index (κ1) is 15.3. The van der Waals surface area contributed by atoms with Crippen LogP contribution in [0.1, 0.15) is 31.7 Å². The van der Waals surface area contributed by atoms with Crippen LogP contribution in [0.15, 0.2) is 22.7 Å². The zero-order valence-corrected chi connectivity index (χ0v) is 13.8. The summed E-state index contributed by atoms with van der Waals surface area (Å²) in [5.74, 6) is 0.658. The van der Waals surface area contributed by atoms with Crippen LogP contribution in [0.2, 0.25) is 5.02 Å². The fourth-order valence-corrected chi connectivity index (χ4v) is 3.56. The van der Waals surface area contributed by atoms with E-state index in [1.54, 1.807) is 0 Å². The highest BCUT2D eigenvalue weighted by Gasteiger charge is 2.30. The maximum Gasteiger partial charge on any atom is 0.0551 e. The molecule has 0 aliphatic heterocycles. The van der Waals surface area contributed by atoms with Gasteiger partial charge in [-0.05, 0) is 65.5 Å². The molecule has 1 aromatic carbocycles. The van der Waals surface area contributed by atoms with Crippen LogP contribution in [0.3, 0.4) is 0 Å². The summed E-state index contributed by atoms with van der Waals surface area (Å²) in [5, 5.41) is 0.787. The van der Waals surface area contributed by atoms with Crippen LogP contribution in [0, 0.1) is 5.92 Å². The Morgan fingerprint density at radius 3 is 2.84 bits per heavy atom. The second kappa shape index (κ2) is 7.07. The Morgan fingerprint density at radius 1 is 1.42 bits per heavy atom. The molecule has 0 amide bonds. The topological polar surface area (TPSA) is 29.3 Å². The SMILES string of the molecule is CCN(Cc1ccc(Br)c(Cl)c1)C1CCCC1CN. The van der Waals surface area contributed by atoms with Crippen LogP contribution in [-0.2, 0) is 6.54 Å². The zero-order valence-electron chi connectivity index (χ0n) is 11.4. The fraction of sp³-hybridized carbons (Fsp3) is 0.600. The molecule has 1 aliphatic rings. The molecule has 0 heterocycles. The van der Waals surface area contributed by atoms with Crippen molar-refractivity contribution in [3.8, 4) is 0 Å². The molecule has 0 saturated heterocycles. The summed E-state index contributed by atoms with van der Waals surface area (Å²) in [7, 11) is 0. The van der Waals surface area contributed by atoms with E-state index in [0.717, 1.165) is 29.1 Å². The van der Waals surface area contributed by atoms with E-state index in [4.69, 9.17) is 17.3 Å². The van der Waals surface area contributed by atoms with Crippen molar-refractivity contribution in [1.82, 2.24) is 4.90 Å². The molecule has 2 atom stereocenters. The number of nitrogens with zero attached hydrogens (tertiary/aromatic N) is 1. The van der Waals surface area contributed by atoms with Crippen molar-refractivity contribution in [2.75, 3.05) is 13.1 Å². The van der Waals surface area contributed by atoms with Crippen molar-refractivity contribution in [2.45, 2.75) is 38.8 Å². The van der Waals surface area contributed by atoms with Gasteiger partial charge in [0, 0.05) is 17.1 Å². The second-order valence-corrected chi connectivity index (χ2v) is 6.57. The van der Waals surface area contributed by atoms with Gasteiger partial charge in [0.1, 0.15) is 0 Å². The number of nitrogens with two attached hydrogens (primary N) is 1. The van der Waals surface area contributed by atoms with Crippen molar-refractivity contribution in [3.63, 3.8) is 0 Å². The fourth-order valence-electron chi connectivity index (χ4n) is 3.11. The van der Waals surface area contributed by atoms with Crippen molar-refractivity contribution in [1.29, 1.82) is 0 Å². The maximum atomic E-state index is 6.17. The summed E-state index contributed by atoms with van der Waals surface area (Å²) >= 11 is 9.61. The Kier molecular flexibility index (Phi) is 5.70. The van der Waals surface area contributed by atoms with Gasteiger partial charge in [0.15, 0.2) is 0 Å². The predicted molar refractivity (Wildman–Crippen MR) is 85.4 cm³/mol. The number of benzene rings is 1. The highest BCUT2D eigenvalue weighted by Crippen LogP contribution is 2.31. The maximum absolute atomic E-state index is 6.17. The van der Waals surface area contributed by atoms with Crippen LogP contribution in [-0.4, -0.2) is 24.0 Å². The van der Waals surface area contributed by atoms with Crippen molar-refractivity contribution >= 4 is 27.5 Å². The molecule has 4 heteroatoms. The molecule has 0 bridgehead atoms. The van der Waals surface area contributed by atoms with E-state index in [2.05, 4.69) is 39.9 Å². The number of hydrogen-bond donors (Lipinski definition) is 1. The van der Waals surface area contributed by atoms with Crippen molar-refractivity contribution in [2.24, 2.45) is 11.7 Å². The molecule has 2 nitrogen and oxygen atoms in total. The quantitative estimate of drug-likeness (QED) is 0.872. The van der Waals surface area contributed by atoms with Gasteiger partial charge >= 0.3 is 0 Å². The summed E-state index contributed by atoms with van der Waals surface area (Å²) in [4.78, 5) is 2.55. The molecule has 106 valence electrons. The zero-order chi connectivity index (χ0) is 13.8. The minimum atomic E-state index is 0.637. The molecule has 1 aliphatic carbocycles. The van der Waals surface area contributed by atoms with Gasteiger partial charge in [-0.2, -0.15) is 0 Å². The molecule has 19 heavy (non-hydrogen) atoms. The van der Waals surface area contributed by atoms with E-state index in [0.29, 0.717) is 12.0 Å². The first-order valence-electron chi connectivity index (χ1n) is 7.03. The Bertz CT molecular complexity index is 425. The Balaban J connectivity index is 2.08. The smallest absolute Gasteiger partial charge is 0.0551 e. The van der Waals surface area contributed by atoms with Gasteiger partial charge in [-0.25, -0.2) is 0 Å². The minimum Gasteiger partial charge on any atom is -0.330 e. The summed E-state index contributed by atoms with van der Waals surface area (Å²) < 4.78 is 0.960. The van der Waals surface area contributed by atoms with Crippen LogP contribution in [0.5, 0.6) is 0 Å². The molecule has 2 unspecified atom stereocenters. The Labute approximate surface area is 129 Å². The standard InChI is InChI=1S/C15H22BrClN2/c1-2-19(15-5-3-4-12(15)9-18)10-11-6-7-13(16)14(17)8-11/h6-8,12,15H,2-5,9-10,18H2,1H3. The first-order valence-corrected chi connectivity index (χ1v) is 8.20. The number of hydrogen-bond acceptors (Lipinski definition) is 2. The van der Waals surface area contributed by atoms with Gasteiger partial charge in [-0.3, -0.25) is 4.90 Å². The molecule has 2 N–H and O–H groups in total. The van der Waals surface area contributed by atoms with Crippen molar-refractivity contribution < 1.29 is 0 Å². The lowest BCUT2D eigenvalue weighted by Crippen LogP contribution is -2.39. The van der Waals surface area contributed by atoms with Crippen LogP contribution in [0.4, 0.5) is 0 Å². The third-order valence-corrected chi connectivity index (χ3v) is 5.40. The second-order valence-electron chi connectivity index (χ2n) is 5.31. The lowest BCUT2D eigenvalue weighted by Gasteiger charge is -2.31. The molecule has 1 aromatic rings. The van der Waals surface area contributed by atoms with E-state index in [9.17, 15) is 0 Å². The lowest BCUT2D eigenvalue weighted by atomic mass is 10.0. The molecule has 2 rings (SSSR count). The highest BCUT2D eigenvalue weighted by molar-refractivity contribution is 9.10. The van der Waals surface area contributed by atoms with Gasteiger partial charge < -0.3 is 5.73 Å². The van der Waals surface area contributed by atoms with Gasteiger partial charge in [0.25, 0.3) is 0 Å². The van der Waals surface area contributed by atoms with E-state index < -0.39 is 0 Å². The minimum absolute atomic E-state index is 0.637. The third kappa shape index (κ3) is 3.72. The average molecular weight is 346 g/mol. The largest absolute Gasteiger partial charge is 0.330 e. The van der Waals surface area contributed by atoms with E-state index in [-0.39, 0.29) is 0 Å². The van der Waals surface area contributed by atoms with Crippen LogP contribution in [0.25, 0.3) is 0 Å². The number of halogens is 2. The summed E-state index contributed by atoms with van der Waals surface area (Å²) in [6.07, 6.45) is 3.86. The average Bonchev–Trinajstić information content (AvgIpc) is 2.88. The molecular weight excluding hydrogens is 324 g/mol. The third-order valence-electron chi connectivity index (χ3n) is 4.17. The molecule has 1 saturated carbocycles. The van der Waals surface area contributed by atoms with E-state index in [1.165, 1.54) is 24.8 Å². The predicted octanol–water partition coefficient (Wildman–Crippen LogP) is 4.05. The summed E-state index contributed by atoms with van der Waals surface area (Å²) in [6.45, 7) is 5.06. The lowest BCUT2D eigenvalue weighted by molar-refractivity contribution is 0.162. The van der Waals surface area contributed by atoms with E-state index >= 15 is 0 Å². The molecule has 0 radical (unpaired) electrons. The van der Waals surface area contributed by atoms with Crippen LogP contribution < -0.4 is 5.73 Å². The van der Waals surface area contributed by atoms with Gasteiger partial charge in [-0.1, -0.05) is 31.0 Å². The van der Waals surface area contributed by atoms with E-state index in [1.807, 2.05) is 6.07 Å². The summed E-state index contributed by atoms with van der Waals surface area (Å²) in [6, 6.07) is 6.86. The van der Waals surface area contributed by atoms with Gasteiger partial charge in [-0.15, -0.1) is 0 Å². The molecular formula is C15H22BrClN2. The van der Waals surface area contributed by atoms with Gasteiger partial charge in [0.05, 0.1) is 5.02 Å². The molecule has 0 aromatic heterocycles. The molecule has 1 fully saturated rings. The monoisotopic (exact) mass is 344 g/mol. The normalized spacial score (nSPS) is 23.2. The van der Waals surface area contributed by atoms with Crippen LogP contribution >= 0.6 is 27.5 Å². The Morgan fingerprint density at radius 2 is 2.21 bits per heavy atom. The van der Waals surface area contributed by atoms with Gasteiger partial charge in [0.2, 0.25) is 0 Å².